The molecule has 0 bridgehead atoms. The van der Waals surface area contributed by atoms with Gasteiger partial charge in [0.25, 0.3) is 10.0 Å². The Morgan fingerprint density at radius 3 is 2.38 bits per heavy atom. The number of aromatic nitrogens is 2. The first kappa shape index (κ1) is 25.3. The number of rotatable bonds is 7. The van der Waals surface area contributed by atoms with Gasteiger partial charge in [0.1, 0.15) is 11.4 Å². The number of halogens is 6. The van der Waals surface area contributed by atoms with Crippen molar-refractivity contribution in [2.75, 3.05) is 7.11 Å². The van der Waals surface area contributed by atoms with Gasteiger partial charge in [0, 0.05) is 18.2 Å². The van der Waals surface area contributed by atoms with Crippen LogP contribution in [0.15, 0.2) is 47.4 Å². The normalized spacial score (nSPS) is 12.7. The largest absolute Gasteiger partial charge is 0.573 e. The van der Waals surface area contributed by atoms with Gasteiger partial charge in [-0.2, -0.15) is 13.2 Å². The molecule has 14 heteroatoms. The predicted molar refractivity (Wildman–Crippen MR) is 105 cm³/mol. The number of hydrogen-bond donors (Lipinski definition) is 0. The number of methoxy groups -OCH3 is 1. The van der Waals surface area contributed by atoms with E-state index in [-0.39, 0.29) is 36.0 Å². The molecule has 0 radical (unpaired) electrons. The molecule has 0 aliphatic rings. The van der Waals surface area contributed by atoms with Crippen LogP contribution in [0.2, 0.25) is 0 Å². The molecule has 7 nitrogen and oxygen atoms in total. The molecule has 0 saturated carbocycles. The summed E-state index contributed by atoms with van der Waals surface area (Å²) in [5.41, 5.74) is -1.79. The molecular weight excluding hydrogens is 494 g/mol. The molecule has 0 atom stereocenters. The summed E-state index contributed by atoms with van der Waals surface area (Å²) in [6.07, 6.45) is -9.95. The molecule has 1 aromatic carbocycles. The minimum atomic E-state index is -5.07. The Bertz CT molecular complexity index is 1320. The van der Waals surface area contributed by atoms with Crippen molar-refractivity contribution in [3.63, 3.8) is 0 Å². The molecule has 0 aliphatic heterocycles. The maximum Gasteiger partial charge on any atom is 0.573 e. The average Bonchev–Trinajstić information content (AvgIpc) is 3.10. The molecule has 0 unspecified atom stereocenters. The Morgan fingerprint density at radius 2 is 1.76 bits per heavy atom. The molecule has 184 valence electrons. The van der Waals surface area contributed by atoms with Crippen molar-refractivity contribution in [2.45, 2.75) is 36.7 Å². The molecule has 0 spiro atoms. The van der Waals surface area contributed by atoms with Crippen molar-refractivity contribution in [3.05, 3.63) is 53.9 Å². The topological polar surface area (TPSA) is 87.5 Å². The van der Waals surface area contributed by atoms with E-state index in [0.29, 0.717) is 16.1 Å². The van der Waals surface area contributed by atoms with Crippen LogP contribution in [0.3, 0.4) is 0 Å². The number of carbonyl (C=O) groups excluding carboxylic acids is 1. The van der Waals surface area contributed by atoms with E-state index in [1.165, 1.54) is 0 Å². The van der Waals surface area contributed by atoms with Crippen LogP contribution in [0.25, 0.3) is 11.0 Å². The van der Waals surface area contributed by atoms with Crippen LogP contribution in [0.4, 0.5) is 26.3 Å². The molecule has 0 N–H and O–H groups in total. The first-order valence-corrected chi connectivity index (χ1v) is 10.9. The van der Waals surface area contributed by atoms with E-state index in [1.54, 1.807) is 0 Å². The number of benzene rings is 1. The van der Waals surface area contributed by atoms with E-state index < -0.39 is 44.9 Å². The van der Waals surface area contributed by atoms with Gasteiger partial charge in [-0.25, -0.2) is 17.4 Å². The summed E-state index contributed by atoms with van der Waals surface area (Å²) < 4.78 is 113. The Balaban J connectivity index is 2.13. The van der Waals surface area contributed by atoms with E-state index in [4.69, 9.17) is 0 Å². The third kappa shape index (κ3) is 5.61. The molecule has 3 rings (SSSR count). The fourth-order valence-corrected chi connectivity index (χ4v) is 4.78. The van der Waals surface area contributed by atoms with Crippen molar-refractivity contribution in [1.29, 1.82) is 0 Å². The number of ether oxygens (including phenoxy) is 2. The van der Waals surface area contributed by atoms with Crippen molar-refractivity contribution < 1.29 is 49.0 Å². The molecule has 3 aromatic rings. The number of aryl methyl sites for hydroxylation is 1. The lowest BCUT2D eigenvalue weighted by molar-refractivity contribution is -0.274. The number of esters is 1. The van der Waals surface area contributed by atoms with Gasteiger partial charge in [0.15, 0.2) is 0 Å². The van der Waals surface area contributed by atoms with Crippen LogP contribution in [-0.4, -0.2) is 36.8 Å². The van der Waals surface area contributed by atoms with Gasteiger partial charge in [-0.3, -0.25) is 4.79 Å². The summed E-state index contributed by atoms with van der Waals surface area (Å²) in [7, 11) is -3.45. The highest BCUT2D eigenvalue weighted by atomic mass is 32.2. The van der Waals surface area contributed by atoms with Crippen LogP contribution >= 0.6 is 0 Å². The maximum atomic E-state index is 13.4. The lowest BCUT2D eigenvalue weighted by atomic mass is 10.2. The summed E-state index contributed by atoms with van der Waals surface area (Å²) in [6.45, 7) is 0. The lowest BCUT2D eigenvalue weighted by Crippen LogP contribution is -2.19. The van der Waals surface area contributed by atoms with Crippen molar-refractivity contribution in [3.8, 4) is 5.75 Å². The van der Waals surface area contributed by atoms with Gasteiger partial charge in [-0.15, -0.1) is 13.2 Å². The zero-order valence-electron chi connectivity index (χ0n) is 17.3. The van der Waals surface area contributed by atoms with Gasteiger partial charge in [-0.1, -0.05) is 6.07 Å². The third-order valence-electron chi connectivity index (χ3n) is 4.59. The summed E-state index contributed by atoms with van der Waals surface area (Å²) in [6, 6.07) is 6.20. The van der Waals surface area contributed by atoms with Crippen LogP contribution in [0.5, 0.6) is 5.75 Å². The zero-order valence-corrected chi connectivity index (χ0v) is 18.1. The quantitative estimate of drug-likeness (QED) is 0.339. The van der Waals surface area contributed by atoms with E-state index in [1.807, 2.05) is 0 Å². The van der Waals surface area contributed by atoms with Crippen LogP contribution in [0, 0.1) is 0 Å². The van der Waals surface area contributed by atoms with Crippen molar-refractivity contribution in [2.24, 2.45) is 0 Å². The number of carbonyl (C=O) groups is 1. The average molecular weight is 510 g/mol. The van der Waals surface area contributed by atoms with Gasteiger partial charge in [0.2, 0.25) is 0 Å². The molecule has 2 aromatic heterocycles. The minimum Gasteiger partial charge on any atom is -0.469 e. The zero-order chi connectivity index (χ0) is 25.3. The van der Waals surface area contributed by atoms with E-state index in [0.717, 1.165) is 37.4 Å². The fraction of sp³-hybridized carbons (Fsp3) is 0.300. The molecule has 2 heterocycles. The number of fused-ring (bicyclic) bond motifs is 1. The highest BCUT2D eigenvalue weighted by Crippen LogP contribution is 2.33. The number of nitrogens with zero attached hydrogens (tertiary/aromatic N) is 2. The van der Waals surface area contributed by atoms with E-state index in [2.05, 4.69) is 14.5 Å². The molecule has 0 aliphatic carbocycles. The number of alkyl halides is 6. The maximum absolute atomic E-state index is 13.4. The first-order chi connectivity index (χ1) is 15.7. The van der Waals surface area contributed by atoms with Gasteiger partial charge in [-0.05, 0) is 43.2 Å². The standard InChI is InChI=1S/C20H16F6N2O5S/c1-32-18(29)7-2-4-12-10-15-16(8-9-17(27-15)19(21,22)23)28(12)34(30,31)14-6-3-5-13(11-14)33-20(24,25)26/h3,5-6,8-11H,2,4,7H2,1H3. The number of hydrogen-bond acceptors (Lipinski definition) is 6. The third-order valence-corrected chi connectivity index (χ3v) is 6.36. The summed E-state index contributed by atoms with van der Waals surface area (Å²) in [5, 5.41) is 0. The van der Waals surface area contributed by atoms with Gasteiger partial charge in [0.05, 0.1) is 23.0 Å². The summed E-state index contributed by atoms with van der Waals surface area (Å²) >= 11 is 0. The van der Waals surface area contributed by atoms with Crippen molar-refractivity contribution in [1.82, 2.24) is 8.96 Å². The van der Waals surface area contributed by atoms with Crippen LogP contribution in [0.1, 0.15) is 24.2 Å². The Hall–Kier alpha value is -3.29. The monoisotopic (exact) mass is 510 g/mol. The highest BCUT2D eigenvalue weighted by molar-refractivity contribution is 7.90. The highest BCUT2D eigenvalue weighted by Gasteiger charge is 2.34. The lowest BCUT2D eigenvalue weighted by Gasteiger charge is -2.14. The fourth-order valence-electron chi connectivity index (χ4n) is 3.19. The Labute approximate surface area is 189 Å². The Kier molecular flexibility index (Phi) is 6.82. The van der Waals surface area contributed by atoms with Gasteiger partial charge >= 0.3 is 18.5 Å². The predicted octanol–water partition coefficient (Wildman–Crippen LogP) is 4.69. The summed E-state index contributed by atoms with van der Waals surface area (Å²) in [4.78, 5) is 14.3. The van der Waals surface area contributed by atoms with Crippen LogP contribution < -0.4 is 4.74 Å². The van der Waals surface area contributed by atoms with Crippen molar-refractivity contribution >= 4 is 27.0 Å². The van der Waals surface area contributed by atoms with Crippen LogP contribution in [-0.2, 0) is 32.2 Å². The smallest absolute Gasteiger partial charge is 0.469 e. The molecular formula is C20H16F6N2O5S. The number of pyridine rings is 1. The molecule has 0 saturated heterocycles. The SMILES string of the molecule is COC(=O)CCCc1cc2nc(C(F)(F)F)ccc2n1S(=O)(=O)c1cccc(OC(F)(F)F)c1. The molecule has 0 amide bonds. The van der Waals surface area contributed by atoms with E-state index in [9.17, 15) is 39.6 Å². The van der Waals surface area contributed by atoms with E-state index >= 15 is 0 Å². The second-order valence-electron chi connectivity index (χ2n) is 6.96. The molecule has 34 heavy (non-hydrogen) atoms. The first-order valence-electron chi connectivity index (χ1n) is 9.49. The minimum absolute atomic E-state index is 0.0205. The second-order valence-corrected chi connectivity index (χ2v) is 8.74. The summed E-state index contributed by atoms with van der Waals surface area (Å²) in [5.74, 6) is -1.38. The second kappa shape index (κ2) is 9.16. The van der Waals surface area contributed by atoms with Gasteiger partial charge < -0.3 is 9.47 Å². The molecule has 0 fully saturated rings. The Morgan fingerprint density at radius 1 is 1.06 bits per heavy atom.